The fraction of sp³-hybridized carbons (Fsp3) is 0.800. The molecule has 0 amide bonds. The summed E-state index contributed by atoms with van der Waals surface area (Å²) in [4.78, 5) is 10.4. The summed E-state index contributed by atoms with van der Waals surface area (Å²) in [6.07, 6.45) is -3.28. The zero-order valence-electron chi connectivity index (χ0n) is 5.38. The molecular weight excluding hydrogens is 207 g/mol. The van der Waals surface area contributed by atoms with Crippen molar-refractivity contribution in [2.45, 2.75) is 12.3 Å². The number of carbonyl (C=O) groups is 1. The summed E-state index contributed by atoms with van der Waals surface area (Å²) in [5.74, 6) is -0.952. The zero-order chi connectivity index (χ0) is 8.15. The molecule has 0 aromatic heterocycles. The van der Waals surface area contributed by atoms with Crippen molar-refractivity contribution < 1.29 is 19.0 Å². The van der Waals surface area contributed by atoms with Crippen LogP contribution in [0, 0.1) is 0 Å². The lowest BCUT2D eigenvalue weighted by atomic mass is 10.2. The van der Waals surface area contributed by atoms with Crippen molar-refractivity contribution in [3.8, 4) is 0 Å². The average Bonchev–Trinajstić information content (AvgIpc) is 2.00. The molecule has 0 spiro atoms. The van der Waals surface area contributed by atoms with Crippen molar-refractivity contribution in [1.82, 2.24) is 0 Å². The van der Waals surface area contributed by atoms with Gasteiger partial charge in [-0.25, -0.2) is 9.18 Å². The first-order valence-corrected chi connectivity index (χ1v) is 3.71. The van der Waals surface area contributed by atoms with Gasteiger partial charge in [-0.2, -0.15) is 0 Å². The van der Waals surface area contributed by atoms with E-state index in [1.54, 1.807) is 0 Å². The Labute approximate surface area is 66.3 Å². The van der Waals surface area contributed by atoms with Crippen LogP contribution >= 0.6 is 15.9 Å². The van der Waals surface area contributed by atoms with Crippen LogP contribution in [0.1, 0.15) is 0 Å². The molecule has 0 bridgehead atoms. The van der Waals surface area contributed by atoms with Crippen LogP contribution in [0.15, 0.2) is 0 Å². The number of halogens is 2. The van der Waals surface area contributed by atoms with E-state index in [-0.39, 0.29) is 5.33 Å². The van der Waals surface area contributed by atoms with E-state index in [9.17, 15) is 9.18 Å². The molecule has 2 atom stereocenters. The van der Waals surface area contributed by atoms with Gasteiger partial charge in [0.25, 0.3) is 0 Å². The molecular formula is C5H8BrFO3. The lowest BCUT2D eigenvalue weighted by Gasteiger charge is -2.09. The number of aliphatic hydroxyl groups is 1. The number of esters is 1. The van der Waals surface area contributed by atoms with Crippen molar-refractivity contribution in [2.75, 3.05) is 12.4 Å². The van der Waals surface area contributed by atoms with Crippen molar-refractivity contribution in [3.05, 3.63) is 0 Å². The Kier molecular flexibility index (Phi) is 4.55. The summed E-state index contributed by atoms with van der Waals surface area (Å²) in [6.45, 7) is 0. The molecule has 0 fully saturated rings. The Morgan fingerprint density at radius 3 is 2.70 bits per heavy atom. The zero-order valence-corrected chi connectivity index (χ0v) is 6.97. The lowest BCUT2D eigenvalue weighted by molar-refractivity contribution is -0.153. The number of hydrogen-bond acceptors (Lipinski definition) is 3. The van der Waals surface area contributed by atoms with E-state index in [1.807, 2.05) is 0 Å². The summed E-state index contributed by atoms with van der Waals surface area (Å²) < 4.78 is 16.5. The topological polar surface area (TPSA) is 46.5 Å². The van der Waals surface area contributed by atoms with Gasteiger partial charge in [0, 0.05) is 5.33 Å². The second kappa shape index (κ2) is 4.62. The van der Waals surface area contributed by atoms with Crippen LogP contribution in [0.25, 0.3) is 0 Å². The van der Waals surface area contributed by atoms with Gasteiger partial charge in [-0.05, 0) is 0 Å². The van der Waals surface area contributed by atoms with Crippen LogP contribution in [-0.4, -0.2) is 35.8 Å². The molecule has 5 heteroatoms. The molecule has 0 aliphatic rings. The van der Waals surface area contributed by atoms with Crippen LogP contribution < -0.4 is 0 Å². The monoisotopic (exact) mass is 214 g/mol. The van der Waals surface area contributed by atoms with Crippen molar-refractivity contribution in [2.24, 2.45) is 0 Å². The summed E-state index contributed by atoms with van der Waals surface area (Å²) in [5.41, 5.74) is 0. The van der Waals surface area contributed by atoms with E-state index < -0.39 is 18.2 Å². The minimum absolute atomic E-state index is 0.0801. The first-order valence-electron chi connectivity index (χ1n) is 2.59. The van der Waals surface area contributed by atoms with Crippen molar-refractivity contribution in [3.63, 3.8) is 0 Å². The molecule has 1 N–H and O–H groups in total. The molecule has 0 heterocycles. The maximum Gasteiger partial charge on any atom is 0.337 e. The summed E-state index contributed by atoms with van der Waals surface area (Å²) in [5, 5.41) is 8.63. The van der Waals surface area contributed by atoms with Gasteiger partial charge >= 0.3 is 5.97 Å². The Bertz CT molecular complexity index is 119. The van der Waals surface area contributed by atoms with E-state index in [0.29, 0.717) is 0 Å². The molecule has 0 aromatic rings. The second-order valence-electron chi connectivity index (χ2n) is 1.64. The Morgan fingerprint density at radius 1 is 1.90 bits per heavy atom. The van der Waals surface area contributed by atoms with E-state index in [2.05, 4.69) is 20.7 Å². The molecule has 3 nitrogen and oxygen atoms in total. The Balaban J connectivity index is 3.81. The fourth-order valence-corrected chi connectivity index (χ4v) is 0.707. The van der Waals surface area contributed by atoms with Gasteiger partial charge in [-0.15, -0.1) is 0 Å². The summed E-state index contributed by atoms with van der Waals surface area (Å²) >= 11 is 2.77. The molecule has 0 rings (SSSR count). The van der Waals surface area contributed by atoms with Gasteiger partial charge in [0.2, 0.25) is 0 Å². The van der Waals surface area contributed by atoms with Gasteiger partial charge in [-0.1, -0.05) is 15.9 Å². The third-order valence-corrected chi connectivity index (χ3v) is 1.55. The maximum absolute atomic E-state index is 12.4. The van der Waals surface area contributed by atoms with Crippen molar-refractivity contribution >= 4 is 21.9 Å². The van der Waals surface area contributed by atoms with E-state index >= 15 is 0 Å². The van der Waals surface area contributed by atoms with Gasteiger partial charge in [0.1, 0.15) is 6.17 Å². The number of carbonyl (C=O) groups excluding carboxylic acids is 1. The van der Waals surface area contributed by atoms with Crippen molar-refractivity contribution in [1.29, 1.82) is 0 Å². The van der Waals surface area contributed by atoms with Gasteiger partial charge in [0.15, 0.2) is 6.10 Å². The highest BCUT2D eigenvalue weighted by Gasteiger charge is 2.25. The lowest BCUT2D eigenvalue weighted by Crippen LogP contribution is -2.32. The predicted octanol–water partition coefficient (Wildman–Crippen LogP) is 0.253. The first kappa shape index (κ1) is 9.84. The molecule has 10 heavy (non-hydrogen) atoms. The highest BCUT2D eigenvalue weighted by molar-refractivity contribution is 9.09. The standard InChI is InChI=1S/C5H8BrFO3/c1-10-5(9)4(8)3(7)2-6/h3-4,8H,2H2,1H3. The number of rotatable bonds is 3. The van der Waals surface area contributed by atoms with Gasteiger partial charge in [-0.3, -0.25) is 0 Å². The fourth-order valence-electron chi connectivity index (χ4n) is 0.353. The molecule has 60 valence electrons. The molecule has 0 saturated carbocycles. The number of methoxy groups -OCH3 is 1. The molecule has 0 aliphatic heterocycles. The number of alkyl halides is 2. The largest absolute Gasteiger partial charge is 0.467 e. The number of aliphatic hydroxyl groups excluding tert-OH is 1. The third kappa shape index (κ3) is 2.62. The predicted molar refractivity (Wildman–Crippen MR) is 36.7 cm³/mol. The average molecular weight is 215 g/mol. The molecule has 0 aliphatic carbocycles. The quantitative estimate of drug-likeness (QED) is 0.542. The molecule has 0 saturated heterocycles. The molecule has 2 unspecified atom stereocenters. The SMILES string of the molecule is COC(=O)C(O)C(F)CBr. The van der Waals surface area contributed by atoms with Gasteiger partial charge in [0.05, 0.1) is 7.11 Å². The minimum atomic E-state index is -1.68. The number of hydrogen-bond donors (Lipinski definition) is 1. The van der Waals surface area contributed by atoms with Gasteiger partial charge < -0.3 is 9.84 Å². The molecule has 0 radical (unpaired) electrons. The van der Waals surface area contributed by atoms with Crippen LogP contribution in [-0.2, 0) is 9.53 Å². The molecule has 0 aromatic carbocycles. The summed E-state index contributed by atoms with van der Waals surface area (Å²) in [7, 11) is 1.09. The second-order valence-corrected chi connectivity index (χ2v) is 2.29. The van der Waals surface area contributed by atoms with Crippen LogP contribution in [0.4, 0.5) is 4.39 Å². The van der Waals surface area contributed by atoms with E-state index in [1.165, 1.54) is 0 Å². The van der Waals surface area contributed by atoms with E-state index in [4.69, 9.17) is 5.11 Å². The smallest absolute Gasteiger partial charge is 0.337 e. The highest BCUT2D eigenvalue weighted by Crippen LogP contribution is 2.03. The first-order chi connectivity index (χ1) is 4.63. The van der Waals surface area contributed by atoms with E-state index in [0.717, 1.165) is 7.11 Å². The maximum atomic E-state index is 12.4. The minimum Gasteiger partial charge on any atom is -0.467 e. The highest BCUT2D eigenvalue weighted by atomic mass is 79.9. The van der Waals surface area contributed by atoms with Crippen LogP contribution in [0.2, 0.25) is 0 Å². The Hall–Kier alpha value is -0.160. The van der Waals surface area contributed by atoms with Crippen LogP contribution in [0.3, 0.4) is 0 Å². The third-order valence-electron chi connectivity index (χ3n) is 0.933. The summed E-state index contributed by atoms with van der Waals surface area (Å²) in [6, 6.07) is 0. The number of ether oxygens (including phenoxy) is 1. The Morgan fingerprint density at radius 2 is 2.40 bits per heavy atom. The van der Waals surface area contributed by atoms with Crippen LogP contribution in [0.5, 0.6) is 0 Å². The normalized spacial score (nSPS) is 16.0.